The molecule has 1 aliphatic rings. The lowest BCUT2D eigenvalue weighted by Crippen LogP contribution is -2.28. The topological polar surface area (TPSA) is 47.4 Å². The van der Waals surface area contributed by atoms with Crippen LogP contribution in [0.5, 0.6) is 5.75 Å². The first-order valence-corrected chi connectivity index (χ1v) is 9.54. The quantitative estimate of drug-likeness (QED) is 0.722. The summed E-state index contributed by atoms with van der Waals surface area (Å²) in [5.41, 5.74) is 2.12. The van der Waals surface area contributed by atoms with E-state index in [1.54, 1.807) is 0 Å². The van der Waals surface area contributed by atoms with Crippen molar-refractivity contribution >= 4 is 21.6 Å². The van der Waals surface area contributed by atoms with Gasteiger partial charge in [-0.1, -0.05) is 18.2 Å². The molecule has 0 aliphatic carbocycles. The number of hydrogen-bond donors (Lipinski definition) is 0. The zero-order chi connectivity index (χ0) is 17.2. The van der Waals surface area contributed by atoms with Gasteiger partial charge in [-0.25, -0.2) is 4.98 Å². The first kappa shape index (κ1) is 16.3. The predicted octanol–water partition coefficient (Wildman–Crippen LogP) is 2.92. The maximum Gasteiger partial charge on any atom is 0.271 e. The van der Waals surface area contributed by atoms with Crippen LogP contribution in [0, 0.1) is 0 Å². The second-order valence-corrected chi connectivity index (χ2v) is 7.10. The highest BCUT2D eigenvalue weighted by molar-refractivity contribution is 7.17. The third kappa shape index (κ3) is 3.19. The maximum atomic E-state index is 12.7. The standard InChI is InChI=1S/C19H21N3O2S/c1-2-24-16-6-4-3-5-14(16)13-21-9-7-17-20-15-8-12-25-18(15)19(23)22(17)11-10-21/h3-6,8,12H,2,7,9-11,13H2,1H3. The van der Waals surface area contributed by atoms with Crippen molar-refractivity contribution < 1.29 is 4.74 Å². The molecule has 1 aliphatic heterocycles. The molecule has 3 aromatic rings. The number of aromatic nitrogens is 2. The Morgan fingerprint density at radius 3 is 2.96 bits per heavy atom. The van der Waals surface area contributed by atoms with E-state index in [9.17, 15) is 4.79 Å². The normalized spacial score (nSPS) is 15.1. The lowest BCUT2D eigenvalue weighted by Gasteiger charge is -2.21. The summed E-state index contributed by atoms with van der Waals surface area (Å²) in [5, 5.41) is 1.94. The molecule has 4 rings (SSSR count). The van der Waals surface area contributed by atoms with E-state index in [-0.39, 0.29) is 5.56 Å². The highest BCUT2D eigenvalue weighted by Gasteiger charge is 2.19. The average molecular weight is 355 g/mol. The van der Waals surface area contributed by atoms with Crippen molar-refractivity contribution in [2.24, 2.45) is 0 Å². The molecule has 25 heavy (non-hydrogen) atoms. The van der Waals surface area contributed by atoms with Crippen LogP contribution in [0.4, 0.5) is 0 Å². The number of fused-ring (bicyclic) bond motifs is 2. The van der Waals surface area contributed by atoms with Gasteiger partial charge in [-0.2, -0.15) is 0 Å². The monoisotopic (exact) mass is 355 g/mol. The molecule has 5 nitrogen and oxygen atoms in total. The Labute approximate surface area is 150 Å². The van der Waals surface area contributed by atoms with Crippen LogP contribution >= 0.6 is 11.3 Å². The summed E-state index contributed by atoms with van der Waals surface area (Å²) in [6.45, 7) is 5.91. The van der Waals surface area contributed by atoms with Crippen molar-refractivity contribution in [3.63, 3.8) is 0 Å². The summed E-state index contributed by atoms with van der Waals surface area (Å²) in [6, 6.07) is 10.1. The molecule has 130 valence electrons. The highest BCUT2D eigenvalue weighted by atomic mass is 32.1. The largest absolute Gasteiger partial charge is 0.494 e. The fourth-order valence-corrected chi connectivity index (χ4v) is 4.13. The van der Waals surface area contributed by atoms with Crippen molar-refractivity contribution in [1.29, 1.82) is 0 Å². The van der Waals surface area contributed by atoms with Crippen molar-refractivity contribution in [3.05, 3.63) is 57.5 Å². The summed E-state index contributed by atoms with van der Waals surface area (Å²) in [6.07, 6.45) is 0.790. The molecule has 2 aromatic heterocycles. The van der Waals surface area contributed by atoms with Gasteiger partial charge in [0.15, 0.2) is 0 Å². The third-order valence-electron chi connectivity index (χ3n) is 4.60. The molecule has 0 radical (unpaired) electrons. The summed E-state index contributed by atoms with van der Waals surface area (Å²) < 4.78 is 8.36. The molecule has 0 N–H and O–H groups in total. The number of para-hydroxylation sites is 1. The van der Waals surface area contributed by atoms with Crippen LogP contribution in [-0.2, 0) is 19.5 Å². The van der Waals surface area contributed by atoms with Gasteiger partial charge in [-0.05, 0) is 24.4 Å². The minimum Gasteiger partial charge on any atom is -0.494 e. The summed E-state index contributed by atoms with van der Waals surface area (Å²) in [5.74, 6) is 1.85. The Balaban J connectivity index is 1.56. The third-order valence-corrected chi connectivity index (χ3v) is 5.49. The molecule has 0 saturated carbocycles. The molecule has 0 atom stereocenters. The Morgan fingerprint density at radius 1 is 1.20 bits per heavy atom. The van der Waals surface area contributed by atoms with E-state index >= 15 is 0 Å². The summed E-state index contributed by atoms with van der Waals surface area (Å²) in [4.78, 5) is 19.8. The van der Waals surface area contributed by atoms with Gasteiger partial charge in [0.1, 0.15) is 16.3 Å². The minimum atomic E-state index is 0.103. The molecule has 0 bridgehead atoms. The number of ether oxygens (including phenoxy) is 1. The second-order valence-electron chi connectivity index (χ2n) is 6.19. The Morgan fingerprint density at radius 2 is 2.08 bits per heavy atom. The predicted molar refractivity (Wildman–Crippen MR) is 100 cm³/mol. The molecular formula is C19H21N3O2S. The van der Waals surface area contributed by atoms with Crippen molar-refractivity contribution in [3.8, 4) is 5.75 Å². The van der Waals surface area contributed by atoms with Gasteiger partial charge in [-0.15, -0.1) is 11.3 Å². The van der Waals surface area contributed by atoms with Crippen molar-refractivity contribution in [2.45, 2.75) is 26.4 Å². The van der Waals surface area contributed by atoms with Gasteiger partial charge in [0.2, 0.25) is 0 Å². The van der Waals surface area contributed by atoms with Gasteiger partial charge in [-0.3, -0.25) is 14.3 Å². The van der Waals surface area contributed by atoms with Crippen molar-refractivity contribution in [2.75, 3.05) is 19.7 Å². The summed E-state index contributed by atoms with van der Waals surface area (Å²) >= 11 is 1.48. The van der Waals surface area contributed by atoms with E-state index in [2.05, 4.69) is 11.0 Å². The Hall–Kier alpha value is -2.18. The Bertz CT molecular complexity index is 947. The number of hydrogen-bond acceptors (Lipinski definition) is 5. The van der Waals surface area contributed by atoms with E-state index in [0.29, 0.717) is 13.2 Å². The van der Waals surface area contributed by atoms with E-state index in [0.717, 1.165) is 47.8 Å². The lowest BCUT2D eigenvalue weighted by molar-refractivity contribution is 0.262. The van der Waals surface area contributed by atoms with Crippen LogP contribution in [0.3, 0.4) is 0 Å². The van der Waals surface area contributed by atoms with E-state index < -0.39 is 0 Å². The van der Waals surface area contributed by atoms with Crippen LogP contribution in [0.15, 0.2) is 40.5 Å². The average Bonchev–Trinajstić information content (AvgIpc) is 3.00. The fourth-order valence-electron chi connectivity index (χ4n) is 3.35. The van der Waals surface area contributed by atoms with Crippen LogP contribution in [0.1, 0.15) is 18.3 Å². The molecule has 0 amide bonds. The second kappa shape index (κ2) is 6.98. The van der Waals surface area contributed by atoms with E-state index in [1.165, 1.54) is 16.9 Å². The smallest absolute Gasteiger partial charge is 0.271 e. The molecule has 6 heteroatoms. The molecule has 1 aromatic carbocycles. The molecular weight excluding hydrogens is 334 g/mol. The van der Waals surface area contributed by atoms with E-state index in [1.807, 2.05) is 41.1 Å². The molecule has 0 fully saturated rings. The van der Waals surface area contributed by atoms with Crippen LogP contribution in [-0.4, -0.2) is 34.1 Å². The van der Waals surface area contributed by atoms with Crippen LogP contribution < -0.4 is 10.3 Å². The molecule has 0 unspecified atom stereocenters. The SMILES string of the molecule is CCOc1ccccc1CN1CCc2nc3ccsc3c(=O)n2CC1. The van der Waals surface area contributed by atoms with Gasteiger partial charge >= 0.3 is 0 Å². The van der Waals surface area contributed by atoms with Gasteiger partial charge in [0.05, 0.1) is 12.1 Å². The molecule has 3 heterocycles. The summed E-state index contributed by atoms with van der Waals surface area (Å²) in [7, 11) is 0. The first-order valence-electron chi connectivity index (χ1n) is 8.66. The highest BCUT2D eigenvalue weighted by Crippen LogP contribution is 2.21. The van der Waals surface area contributed by atoms with Gasteiger partial charge in [0, 0.05) is 38.2 Å². The lowest BCUT2D eigenvalue weighted by atomic mass is 10.2. The fraction of sp³-hybridized carbons (Fsp3) is 0.368. The molecule has 0 saturated heterocycles. The zero-order valence-electron chi connectivity index (χ0n) is 14.3. The van der Waals surface area contributed by atoms with Gasteiger partial charge in [0.25, 0.3) is 5.56 Å². The van der Waals surface area contributed by atoms with Crippen LogP contribution in [0.25, 0.3) is 10.2 Å². The maximum absolute atomic E-state index is 12.7. The first-order chi connectivity index (χ1) is 12.3. The number of benzene rings is 1. The number of nitrogens with zero attached hydrogens (tertiary/aromatic N) is 3. The number of thiophene rings is 1. The van der Waals surface area contributed by atoms with Crippen molar-refractivity contribution in [1.82, 2.24) is 14.5 Å². The molecule has 0 spiro atoms. The minimum absolute atomic E-state index is 0.103. The van der Waals surface area contributed by atoms with E-state index in [4.69, 9.17) is 9.72 Å². The Kier molecular flexibility index (Phi) is 4.55. The zero-order valence-corrected chi connectivity index (χ0v) is 15.1. The van der Waals surface area contributed by atoms with Crippen LogP contribution in [0.2, 0.25) is 0 Å². The number of rotatable bonds is 4. The van der Waals surface area contributed by atoms with Gasteiger partial charge < -0.3 is 4.74 Å².